The molecule has 1 unspecified atom stereocenters. The Morgan fingerprint density at radius 3 is 2.80 bits per heavy atom. The molecule has 1 amide bonds. The minimum atomic E-state index is -0.0103. The number of hydrogen-bond donors (Lipinski definition) is 2. The topological polar surface area (TPSA) is 42.8 Å². The third-order valence-corrected chi connectivity index (χ3v) is 4.89. The summed E-state index contributed by atoms with van der Waals surface area (Å²) in [4.78, 5) is 13.9. The van der Waals surface area contributed by atoms with E-state index in [2.05, 4.69) is 12.2 Å². The molecule has 4 nitrogen and oxygen atoms in total. The van der Waals surface area contributed by atoms with Gasteiger partial charge in [0.1, 0.15) is 5.75 Å². The van der Waals surface area contributed by atoms with E-state index in [1.54, 1.807) is 18.2 Å². The number of benzene rings is 2. The molecular weight excluding hydrogens is 336 g/mol. The molecule has 1 aliphatic rings. The predicted octanol–water partition coefficient (Wildman–Crippen LogP) is 3.53. The van der Waals surface area contributed by atoms with E-state index in [-0.39, 0.29) is 5.91 Å². The van der Waals surface area contributed by atoms with Crippen LogP contribution < -0.4 is 15.0 Å². The number of amides is 1. The van der Waals surface area contributed by atoms with Crippen molar-refractivity contribution in [3.05, 3.63) is 53.6 Å². The molecular formula is C20H24ClN2O2+. The normalized spacial score (nSPS) is 20.1. The Morgan fingerprint density at radius 2 is 2.04 bits per heavy atom. The lowest BCUT2D eigenvalue weighted by molar-refractivity contribution is -0.920. The van der Waals surface area contributed by atoms with Gasteiger partial charge in [0, 0.05) is 5.02 Å². The van der Waals surface area contributed by atoms with Crippen LogP contribution in [-0.2, 0) is 4.79 Å². The Morgan fingerprint density at radius 1 is 1.24 bits per heavy atom. The van der Waals surface area contributed by atoms with Crippen LogP contribution in [0.1, 0.15) is 26.2 Å². The summed E-state index contributed by atoms with van der Waals surface area (Å²) in [5, 5.41) is 3.53. The molecule has 2 aromatic rings. The van der Waals surface area contributed by atoms with Gasteiger partial charge in [-0.2, -0.15) is 0 Å². The monoisotopic (exact) mass is 359 g/mol. The quantitative estimate of drug-likeness (QED) is 0.857. The van der Waals surface area contributed by atoms with Gasteiger partial charge in [-0.3, -0.25) is 4.79 Å². The van der Waals surface area contributed by atoms with Gasteiger partial charge < -0.3 is 15.0 Å². The number of ether oxygens (including phenoxy) is 1. The van der Waals surface area contributed by atoms with Gasteiger partial charge in [-0.05, 0) is 56.5 Å². The minimum Gasteiger partial charge on any atom is -0.455 e. The third-order valence-electron chi connectivity index (χ3n) is 4.66. The second-order valence-corrected chi connectivity index (χ2v) is 7.02. The molecule has 2 atom stereocenters. The SMILES string of the molecule is C[C@@H]1CCCC[NH+]1CC(=O)Nc1cc(Cl)ccc1Oc1ccccc1. The average Bonchev–Trinajstić information content (AvgIpc) is 2.60. The molecule has 1 saturated heterocycles. The predicted molar refractivity (Wildman–Crippen MR) is 101 cm³/mol. The highest BCUT2D eigenvalue weighted by atomic mass is 35.5. The first-order valence-corrected chi connectivity index (χ1v) is 9.16. The number of rotatable bonds is 5. The van der Waals surface area contributed by atoms with Gasteiger partial charge in [0.05, 0.1) is 18.3 Å². The van der Waals surface area contributed by atoms with Crippen LogP contribution in [0, 0.1) is 0 Å². The van der Waals surface area contributed by atoms with Crippen molar-refractivity contribution in [2.24, 2.45) is 0 Å². The molecule has 3 rings (SSSR count). The Bertz CT molecular complexity index is 721. The molecule has 0 bridgehead atoms. The van der Waals surface area contributed by atoms with Gasteiger partial charge in [0.2, 0.25) is 0 Å². The summed E-state index contributed by atoms with van der Waals surface area (Å²) in [7, 11) is 0. The van der Waals surface area contributed by atoms with Gasteiger partial charge in [-0.1, -0.05) is 29.8 Å². The fraction of sp³-hybridized carbons (Fsp3) is 0.350. The number of carbonyl (C=O) groups is 1. The second kappa shape index (κ2) is 8.37. The van der Waals surface area contributed by atoms with E-state index in [0.29, 0.717) is 29.0 Å². The number of likely N-dealkylation sites (tertiary alicyclic amines) is 1. The standard InChI is InChI=1S/C20H23ClN2O2/c1-15-7-5-6-12-23(15)14-20(24)22-18-13-16(21)10-11-19(18)25-17-8-3-2-4-9-17/h2-4,8-11,13,15H,5-7,12,14H2,1H3,(H,22,24)/p+1/t15-/m1/s1. The Labute approximate surface area is 153 Å². The van der Waals surface area contributed by atoms with Crippen LogP contribution in [-0.4, -0.2) is 25.0 Å². The van der Waals surface area contributed by atoms with Crippen LogP contribution in [0.5, 0.6) is 11.5 Å². The van der Waals surface area contributed by atoms with E-state index in [0.717, 1.165) is 12.3 Å². The Balaban J connectivity index is 1.70. The molecule has 0 aliphatic carbocycles. The molecule has 1 heterocycles. The first-order chi connectivity index (χ1) is 12.1. The van der Waals surface area contributed by atoms with Crippen molar-refractivity contribution >= 4 is 23.2 Å². The van der Waals surface area contributed by atoms with E-state index >= 15 is 0 Å². The van der Waals surface area contributed by atoms with Crippen molar-refractivity contribution in [3.8, 4) is 11.5 Å². The maximum absolute atomic E-state index is 12.5. The number of nitrogens with one attached hydrogen (secondary N) is 2. The van der Waals surface area contributed by atoms with Gasteiger partial charge in [0.15, 0.2) is 12.3 Å². The summed E-state index contributed by atoms with van der Waals surface area (Å²) in [6, 6.07) is 15.3. The number of carbonyl (C=O) groups excluding carboxylic acids is 1. The van der Waals surface area contributed by atoms with E-state index in [9.17, 15) is 4.79 Å². The Hall–Kier alpha value is -2.04. The third kappa shape index (κ3) is 4.97. The Kier molecular flexibility index (Phi) is 5.95. The van der Waals surface area contributed by atoms with E-state index in [4.69, 9.17) is 16.3 Å². The first-order valence-electron chi connectivity index (χ1n) is 8.79. The average molecular weight is 360 g/mol. The van der Waals surface area contributed by atoms with Crippen molar-refractivity contribution in [1.82, 2.24) is 0 Å². The molecule has 0 radical (unpaired) electrons. The van der Waals surface area contributed by atoms with Crippen LogP contribution in [0.25, 0.3) is 0 Å². The molecule has 0 aromatic heterocycles. The van der Waals surface area contributed by atoms with Crippen LogP contribution >= 0.6 is 11.6 Å². The lowest BCUT2D eigenvalue weighted by atomic mass is 10.0. The zero-order chi connectivity index (χ0) is 17.6. The molecule has 1 fully saturated rings. The van der Waals surface area contributed by atoms with Gasteiger partial charge in [-0.15, -0.1) is 0 Å². The van der Waals surface area contributed by atoms with Crippen molar-refractivity contribution in [2.45, 2.75) is 32.2 Å². The summed E-state index contributed by atoms with van der Waals surface area (Å²) in [5.41, 5.74) is 0.602. The fourth-order valence-corrected chi connectivity index (χ4v) is 3.39. The first kappa shape index (κ1) is 17.8. The highest BCUT2D eigenvalue weighted by molar-refractivity contribution is 6.31. The van der Waals surface area contributed by atoms with Gasteiger partial charge in [0.25, 0.3) is 5.91 Å². The number of anilines is 1. The van der Waals surface area contributed by atoms with Crippen LogP contribution in [0.3, 0.4) is 0 Å². The fourth-order valence-electron chi connectivity index (χ4n) is 3.22. The van der Waals surface area contributed by atoms with Gasteiger partial charge >= 0.3 is 0 Å². The zero-order valence-corrected chi connectivity index (χ0v) is 15.2. The van der Waals surface area contributed by atoms with E-state index < -0.39 is 0 Å². The highest BCUT2D eigenvalue weighted by Gasteiger charge is 2.24. The summed E-state index contributed by atoms with van der Waals surface area (Å²) in [5.74, 6) is 1.30. The number of quaternary nitrogens is 1. The minimum absolute atomic E-state index is 0.0103. The lowest BCUT2D eigenvalue weighted by Crippen LogP contribution is -3.17. The largest absolute Gasteiger partial charge is 0.455 e. The summed E-state index contributed by atoms with van der Waals surface area (Å²) in [6.07, 6.45) is 3.63. The van der Waals surface area contributed by atoms with Gasteiger partial charge in [-0.25, -0.2) is 0 Å². The van der Waals surface area contributed by atoms with Crippen molar-refractivity contribution in [3.63, 3.8) is 0 Å². The maximum Gasteiger partial charge on any atom is 0.279 e. The highest BCUT2D eigenvalue weighted by Crippen LogP contribution is 2.31. The van der Waals surface area contributed by atoms with Crippen molar-refractivity contribution in [2.75, 3.05) is 18.4 Å². The number of hydrogen-bond acceptors (Lipinski definition) is 2. The number of para-hydroxylation sites is 1. The molecule has 2 aromatic carbocycles. The van der Waals surface area contributed by atoms with E-state index in [1.807, 2.05) is 30.3 Å². The van der Waals surface area contributed by atoms with E-state index in [1.165, 1.54) is 24.2 Å². The summed E-state index contributed by atoms with van der Waals surface area (Å²) < 4.78 is 5.90. The molecule has 0 spiro atoms. The van der Waals surface area contributed by atoms with Crippen molar-refractivity contribution < 1.29 is 14.4 Å². The number of halogens is 1. The smallest absolute Gasteiger partial charge is 0.279 e. The lowest BCUT2D eigenvalue weighted by Gasteiger charge is -2.29. The van der Waals surface area contributed by atoms with Crippen LogP contribution in [0.2, 0.25) is 5.02 Å². The second-order valence-electron chi connectivity index (χ2n) is 6.59. The molecule has 2 N–H and O–H groups in total. The zero-order valence-electron chi connectivity index (χ0n) is 14.4. The van der Waals surface area contributed by atoms with Crippen molar-refractivity contribution in [1.29, 1.82) is 0 Å². The molecule has 0 saturated carbocycles. The van der Waals surface area contributed by atoms with Crippen LogP contribution in [0.4, 0.5) is 5.69 Å². The molecule has 5 heteroatoms. The molecule has 25 heavy (non-hydrogen) atoms. The number of piperidine rings is 1. The van der Waals surface area contributed by atoms with Crippen LogP contribution in [0.15, 0.2) is 48.5 Å². The summed E-state index contributed by atoms with van der Waals surface area (Å²) in [6.45, 7) is 3.74. The molecule has 132 valence electrons. The summed E-state index contributed by atoms with van der Waals surface area (Å²) >= 11 is 6.11. The maximum atomic E-state index is 12.5. The molecule has 1 aliphatic heterocycles.